The number of carboxylic acid groups (broad SMARTS) is 1. The van der Waals surface area contributed by atoms with Crippen molar-refractivity contribution < 1.29 is 33.0 Å². The highest BCUT2D eigenvalue weighted by Gasteiger charge is 2.28. The maximum atomic E-state index is 13.5. The molecule has 1 amide bonds. The molecular weight excluding hydrogens is 472 g/mol. The van der Waals surface area contributed by atoms with Gasteiger partial charge in [-0.25, -0.2) is 18.3 Å². The van der Waals surface area contributed by atoms with E-state index in [1.54, 1.807) is 0 Å². The summed E-state index contributed by atoms with van der Waals surface area (Å²) in [4.78, 5) is 24.3. The molecule has 1 aliphatic carbocycles. The number of halogens is 2. The van der Waals surface area contributed by atoms with E-state index in [0.717, 1.165) is 48.1 Å². The first kappa shape index (κ1) is 25.3. The molecule has 8 nitrogen and oxygen atoms in total. The molecule has 0 radical (unpaired) electrons. The van der Waals surface area contributed by atoms with Gasteiger partial charge in [0.1, 0.15) is 13.2 Å². The summed E-state index contributed by atoms with van der Waals surface area (Å²) in [6, 6.07) is 14.1. The normalized spacial score (nSPS) is 17.5. The third-order valence-electron chi connectivity index (χ3n) is 5.98. The molecule has 1 heterocycles. The van der Waals surface area contributed by atoms with Crippen molar-refractivity contribution in [2.75, 3.05) is 0 Å². The number of benzene rings is 2. The molecule has 2 N–H and O–H groups in total. The smallest absolute Gasteiger partial charge is 0.356 e. The van der Waals surface area contributed by atoms with Gasteiger partial charge in [0.15, 0.2) is 17.3 Å². The molecule has 3 aromatic rings. The van der Waals surface area contributed by atoms with Crippen molar-refractivity contribution in [3.05, 3.63) is 83.1 Å². The predicted molar refractivity (Wildman–Crippen MR) is 125 cm³/mol. The number of carboxylic acids is 1. The molecule has 0 spiro atoms. The van der Waals surface area contributed by atoms with E-state index < -0.39 is 17.6 Å². The summed E-state index contributed by atoms with van der Waals surface area (Å²) >= 11 is 0. The van der Waals surface area contributed by atoms with E-state index in [4.69, 9.17) is 9.47 Å². The van der Waals surface area contributed by atoms with Crippen molar-refractivity contribution in [3.63, 3.8) is 0 Å². The molecule has 0 saturated heterocycles. The minimum absolute atomic E-state index is 0.0211. The molecule has 2 atom stereocenters. The third-order valence-corrected chi connectivity index (χ3v) is 5.98. The molecule has 2 aromatic carbocycles. The maximum absolute atomic E-state index is 13.5. The zero-order valence-electron chi connectivity index (χ0n) is 19.5. The Morgan fingerprint density at radius 3 is 2.53 bits per heavy atom. The van der Waals surface area contributed by atoms with E-state index >= 15 is 0 Å². The number of aromatic nitrogens is 2. The summed E-state index contributed by atoms with van der Waals surface area (Å²) in [5, 5.41) is 16.3. The van der Waals surface area contributed by atoms with Crippen LogP contribution in [0.1, 0.15) is 47.3 Å². The summed E-state index contributed by atoms with van der Waals surface area (Å²) in [5.41, 5.74) is 1.09. The highest BCUT2D eigenvalue weighted by atomic mass is 19.2. The van der Waals surface area contributed by atoms with E-state index in [1.165, 1.54) is 12.1 Å². The number of amides is 1. The second-order valence-corrected chi connectivity index (χ2v) is 8.66. The van der Waals surface area contributed by atoms with E-state index in [2.05, 4.69) is 10.4 Å². The standard InChI is InChI=1S/C26H27F2N3O5/c27-19-11-10-18(12-20(19)28)16-36-25-13-22(26(33)34)30-31(25)14-24(32)29-21-8-4-5-9-23(21)35-15-17-6-2-1-3-7-17/h1-3,6-7,10-13,21,23H,4-5,8-9,14-16H2,(H,29,32)(H,33,34). The second-order valence-electron chi connectivity index (χ2n) is 8.66. The fourth-order valence-corrected chi connectivity index (χ4v) is 4.15. The van der Waals surface area contributed by atoms with Gasteiger partial charge in [0.05, 0.1) is 18.8 Å². The van der Waals surface area contributed by atoms with Crippen LogP contribution in [-0.4, -0.2) is 38.9 Å². The van der Waals surface area contributed by atoms with Crippen molar-refractivity contribution >= 4 is 11.9 Å². The molecule has 10 heteroatoms. The molecular formula is C26H27F2N3O5. The molecule has 1 saturated carbocycles. The fraction of sp³-hybridized carbons (Fsp3) is 0.346. The molecule has 1 fully saturated rings. The number of carbonyl (C=O) groups excluding carboxylic acids is 1. The van der Waals surface area contributed by atoms with E-state index in [0.29, 0.717) is 12.2 Å². The molecule has 1 aromatic heterocycles. The zero-order chi connectivity index (χ0) is 25.5. The lowest BCUT2D eigenvalue weighted by molar-refractivity contribution is -0.124. The predicted octanol–water partition coefficient (Wildman–Crippen LogP) is 4.08. The highest BCUT2D eigenvalue weighted by molar-refractivity contribution is 5.85. The zero-order valence-corrected chi connectivity index (χ0v) is 19.5. The van der Waals surface area contributed by atoms with E-state index in [1.807, 2.05) is 30.3 Å². The fourth-order valence-electron chi connectivity index (χ4n) is 4.15. The van der Waals surface area contributed by atoms with Crippen molar-refractivity contribution in [3.8, 4) is 5.88 Å². The average molecular weight is 500 g/mol. The molecule has 1 aliphatic rings. The Kier molecular flexibility index (Phi) is 8.27. The number of ether oxygens (including phenoxy) is 2. The summed E-state index contributed by atoms with van der Waals surface area (Å²) in [5.74, 6) is -3.64. The quantitative estimate of drug-likeness (QED) is 0.436. The molecule has 2 unspecified atom stereocenters. The summed E-state index contributed by atoms with van der Waals surface area (Å²) in [7, 11) is 0. The van der Waals surface area contributed by atoms with Crippen LogP contribution in [0, 0.1) is 11.6 Å². The largest absolute Gasteiger partial charge is 0.476 e. The second kappa shape index (κ2) is 11.8. The van der Waals surface area contributed by atoms with Crippen LogP contribution in [0.3, 0.4) is 0 Å². The van der Waals surface area contributed by atoms with Crippen LogP contribution < -0.4 is 10.1 Å². The molecule has 4 rings (SSSR count). The Morgan fingerprint density at radius 1 is 1.00 bits per heavy atom. The Hall–Kier alpha value is -3.79. The monoisotopic (exact) mass is 499 g/mol. The van der Waals surface area contributed by atoms with Gasteiger partial charge < -0.3 is 19.9 Å². The first-order chi connectivity index (χ1) is 17.4. The number of hydrogen-bond donors (Lipinski definition) is 2. The van der Waals surface area contributed by atoms with Crippen LogP contribution in [0.5, 0.6) is 5.88 Å². The third kappa shape index (κ3) is 6.66. The summed E-state index contributed by atoms with van der Waals surface area (Å²) in [6.07, 6.45) is 3.42. The highest BCUT2D eigenvalue weighted by Crippen LogP contribution is 2.23. The van der Waals surface area contributed by atoms with Gasteiger partial charge in [0.2, 0.25) is 11.8 Å². The maximum Gasteiger partial charge on any atom is 0.356 e. The van der Waals surface area contributed by atoms with Gasteiger partial charge in [-0.2, -0.15) is 5.10 Å². The number of nitrogens with one attached hydrogen (secondary N) is 1. The minimum atomic E-state index is -1.28. The lowest BCUT2D eigenvalue weighted by atomic mass is 9.92. The number of rotatable bonds is 10. The van der Waals surface area contributed by atoms with Crippen molar-refractivity contribution in [1.82, 2.24) is 15.1 Å². The van der Waals surface area contributed by atoms with Crippen LogP contribution in [0.4, 0.5) is 8.78 Å². The number of hydrogen-bond acceptors (Lipinski definition) is 5. The number of aromatic carboxylic acids is 1. The van der Waals surface area contributed by atoms with Crippen LogP contribution in [0.2, 0.25) is 0 Å². The van der Waals surface area contributed by atoms with Crippen LogP contribution in [0.15, 0.2) is 54.6 Å². The Balaban J connectivity index is 1.39. The van der Waals surface area contributed by atoms with Crippen LogP contribution in [-0.2, 0) is 29.3 Å². The topological polar surface area (TPSA) is 103 Å². The van der Waals surface area contributed by atoms with Crippen molar-refractivity contribution in [2.24, 2.45) is 0 Å². The average Bonchev–Trinajstić information content (AvgIpc) is 3.27. The van der Waals surface area contributed by atoms with Gasteiger partial charge in [0, 0.05) is 6.07 Å². The Labute approximate surface area is 206 Å². The first-order valence-corrected chi connectivity index (χ1v) is 11.7. The lowest BCUT2D eigenvalue weighted by Gasteiger charge is -2.32. The van der Waals surface area contributed by atoms with Gasteiger partial charge in [-0.3, -0.25) is 4.79 Å². The Morgan fingerprint density at radius 2 is 1.78 bits per heavy atom. The van der Waals surface area contributed by atoms with Crippen molar-refractivity contribution in [1.29, 1.82) is 0 Å². The van der Waals surface area contributed by atoms with Crippen LogP contribution in [0.25, 0.3) is 0 Å². The number of carbonyl (C=O) groups is 2. The number of nitrogens with zero attached hydrogens (tertiary/aromatic N) is 2. The summed E-state index contributed by atoms with van der Waals surface area (Å²) in [6.45, 7) is 0.00483. The van der Waals surface area contributed by atoms with Gasteiger partial charge in [0.25, 0.3) is 0 Å². The SMILES string of the molecule is O=C(Cn1nc(C(=O)O)cc1OCc1ccc(F)c(F)c1)NC1CCCCC1OCc1ccccc1. The lowest BCUT2D eigenvalue weighted by Crippen LogP contribution is -2.47. The van der Waals surface area contributed by atoms with Gasteiger partial charge in [-0.05, 0) is 36.1 Å². The van der Waals surface area contributed by atoms with Crippen molar-refractivity contribution in [2.45, 2.75) is 57.6 Å². The molecule has 36 heavy (non-hydrogen) atoms. The first-order valence-electron chi connectivity index (χ1n) is 11.7. The van der Waals surface area contributed by atoms with Gasteiger partial charge >= 0.3 is 5.97 Å². The van der Waals surface area contributed by atoms with E-state index in [-0.39, 0.29) is 42.8 Å². The van der Waals surface area contributed by atoms with Gasteiger partial charge in [-0.15, -0.1) is 0 Å². The van der Waals surface area contributed by atoms with Crippen LogP contribution >= 0.6 is 0 Å². The molecule has 0 aliphatic heterocycles. The summed E-state index contributed by atoms with van der Waals surface area (Å²) < 4.78 is 39.5. The Bertz CT molecular complexity index is 1200. The molecule has 0 bridgehead atoms. The van der Waals surface area contributed by atoms with Gasteiger partial charge in [-0.1, -0.05) is 49.2 Å². The van der Waals surface area contributed by atoms with E-state index in [9.17, 15) is 23.5 Å². The minimum Gasteiger partial charge on any atom is -0.476 e. The molecule has 190 valence electrons.